The molecule has 1 atom stereocenters. The summed E-state index contributed by atoms with van der Waals surface area (Å²) in [5.74, 6) is 0.182. The molecular weight excluding hydrogens is 272 g/mol. The average molecular weight is 295 g/mol. The Morgan fingerprint density at radius 2 is 1.80 bits per heavy atom. The zero-order valence-electron chi connectivity index (χ0n) is 11.7. The molecule has 1 unspecified atom stereocenters. The number of carbonyl (C=O) groups excluding carboxylic acids is 1. The van der Waals surface area contributed by atoms with Crippen LogP contribution in [0.15, 0.2) is 24.3 Å². The lowest BCUT2D eigenvalue weighted by atomic mass is 9.93. The van der Waals surface area contributed by atoms with Gasteiger partial charge in [-0.3, -0.25) is 4.79 Å². The minimum Gasteiger partial charge on any atom is -0.352 e. The lowest BCUT2D eigenvalue weighted by Crippen LogP contribution is -2.50. The van der Waals surface area contributed by atoms with Crippen molar-refractivity contribution in [3.05, 3.63) is 35.4 Å². The monoisotopic (exact) mass is 294 g/mol. The van der Waals surface area contributed by atoms with Crippen molar-refractivity contribution < 1.29 is 4.79 Å². The number of hydrogen-bond donors (Lipinski definition) is 2. The van der Waals surface area contributed by atoms with Crippen LogP contribution in [0, 0.1) is 0 Å². The van der Waals surface area contributed by atoms with E-state index in [4.69, 9.17) is 0 Å². The van der Waals surface area contributed by atoms with Crippen molar-refractivity contribution in [2.75, 3.05) is 0 Å². The van der Waals surface area contributed by atoms with E-state index in [-0.39, 0.29) is 24.4 Å². The topological polar surface area (TPSA) is 41.1 Å². The van der Waals surface area contributed by atoms with E-state index in [1.807, 2.05) is 0 Å². The fourth-order valence-corrected chi connectivity index (χ4v) is 3.19. The van der Waals surface area contributed by atoms with Gasteiger partial charge in [-0.15, -0.1) is 12.4 Å². The quantitative estimate of drug-likeness (QED) is 0.880. The van der Waals surface area contributed by atoms with Crippen molar-refractivity contribution in [2.24, 2.45) is 0 Å². The van der Waals surface area contributed by atoms with Gasteiger partial charge in [0.15, 0.2) is 0 Å². The molecule has 20 heavy (non-hydrogen) atoms. The van der Waals surface area contributed by atoms with Crippen LogP contribution in [-0.4, -0.2) is 18.0 Å². The highest BCUT2D eigenvalue weighted by atomic mass is 35.5. The minimum atomic E-state index is -0.0585. The number of hydrogen-bond acceptors (Lipinski definition) is 2. The van der Waals surface area contributed by atoms with E-state index < -0.39 is 0 Å². The predicted molar refractivity (Wildman–Crippen MR) is 83.0 cm³/mol. The molecule has 2 aliphatic rings. The molecule has 0 aromatic heterocycles. The van der Waals surface area contributed by atoms with Gasteiger partial charge in [-0.1, -0.05) is 43.5 Å². The maximum Gasteiger partial charge on any atom is 0.237 e. The maximum atomic E-state index is 12.3. The van der Waals surface area contributed by atoms with Gasteiger partial charge in [0, 0.05) is 12.6 Å². The summed E-state index contributed by atoms with van der Waals surface area (Å²) in [5.41, 5.74) is 2.63. The summed E-state index contributed by atoms with van der Waals surface area (Å²) >= 11 is 0. The Bertz CT molecular complexity index is 458. The van der Waals surface area contributed by atoms with Crippen molar-refractivity contribution in [1.82, 2.24) is 10.6 Å². The van der Waals surface area contributed by atoms with Crippen LogP contribution < -0.4 is 10.6 Å². The molecule has 1 aliphatic heterocycles. The molecule has 1 amide bonds. The van der Waals surface area contributed by atoms with Crippen molar-refractivity contribution in [2.45, 2.75) is 57.2 Å². The highest BCUT2D eigenvalue weighted by molar-refractivity contribution is 5.85. The fourth-order valence-electron chi connectivity index (χ4n) is 3.19. The zero-order valence-corrected chi connectivity index (χ0v) is 12.5. The lowest BCUT2D eigenvalue weighted by molar-refractivity contribution is -0.124. The molecule has 0 saturated heterocycles. The molecule has 110 valence electrons. The van der Waals surface area contributed by atoms with Crippen LogP contribution in [-0.2, 0) is 17.8 Å². The molecule has 1 aromatic rings. The Morgan fingerprint density at radius 1 is 1.10 bits per heavy atom. The standard InChI is InChI=1S/C16H22N2O.ClH/c19-16(18-14-8-2-1-3-9-14)15-10-12-6-4-5-7-13(12)11-17-15;/h4-7,14-15,17H,1-3,8-11H2,(H,18,19);1H. The molecule has 1 fully saturated rings. The summed E-state index contributed by atoms with van der Waals surface area (Å²) in [7, 11) is 0. The number of nitrogens with one attached hydrogen (secondary N) is 2. The highest BCUT2D eigenvalue weighted by Crippen LogP contribution is 2.19. The number of halogens is 1. The largest absolute Gasteiger partial charge is 0.352 e. The van der Waals surface area contributed by atoms with E-state index in [1.54, 1.807) is 0 Å². The SMILES string of the molecule is Cl.O=C(NC1CCCCC1)C1Cc2ccccc2CN1. The van der Waals surface area contributed by atoms with Gasteiger partial charge < -0.3 is 10.6 Å². The zero-order chi connectivity index (χ0) is 13.1. The van der Waals surface area contributed by atoms with Crippen molar-refractivity contribution in [3.8, 4) is 0 Å². The van der Waals surface area contributed by atoms with Crippen molar-refractivity contribution >= 4 is 18.3 Å². The van der Waals surface area contributed by atoms with Crippen molar-refractivity contribution in [1.29, 1.82) is 0 Å². The van der Waals surface area contributed by atoms with Gasteiger partial charge in [-0.25, -0.2) is 0 Å². The van der Waals surface area contributed by atoms with Crippen LogP contribution in [0.2, 0.25) is 0 Å². The Kier molecular flexibility index (Phi) is 5.44. The first kappa shape index (κ1) is 15.3. The number of fused-ring (bicyclic) bond motifs is 1. The summed E-state index contributed by atoms with van der Waals surface area (Å²) < 4.78 is 0. The normalized spacial score (nSPS) is 22.5. The molecule has 1 aliphatic carbocycles. The molecular formula is C16H23ClN2O. The number of rotatable bonds is 2. The lowest BCUT2D eigenvalue weighted by Gasteiger charge is -2.29. The first-order valence-corrected chi connectivity index (χ1v) is 7.43. The fraction of sp³-hybridized carbons (Fsp3) is 0.562. The predicted octanol–water partition coefficient (Wildman–Crippen LogP) is 2.57. The van der Waals surface area contributed by atoms with Crippen LogP contribution in [0.5, 0.6) is 0 Å². The van der Waals surface area contributed by atoms with E-state index >= 15 is 0 Å². The third-order valence-corrected chi connectivity index (χ3v) is 4.35. The molecule has 0 bridgehead atoms. The van der Waals surface area contributed by atoms with Crippen molar-refractivity contribution in [3.63, 3.8) is 0 Å². The third kappa shape index (κ3) is 3.53. The summed E-state index contributed by atoms with van der Waals surface area (Å²) in [4.78, 5) is 12.3. The average Bonchev–Trinajstić information content (AvgIpc) is 2.48. The summed E-state index contributed by atoms with van der Waals surface area (Å²) in [6.07, 6.45) is 6.94. The Balaban J connectivity index is 0.00000147. The van der Waals surface area contributed by atoms with E-state index in [2.05, 4.69) is 34.9 Å². The summed E-state index contributed by atoms with van der Waals surface area (Å²) in [6, 6.07) is 8.73. The van der Waals surface area contributed by atoms with Crippen LogP contribution in [0.4, 0.5) is 0 Å². The summed E-state index contributed by atoms with van der Waals surface area (Å²) in [6.45, 7) is 0.804. The van der Waals surface area contributed by atoms with E-state index in [9.17, 15) is 4.79 Å². The number of carbonyl (C=O) groups is 1. The molecule has 1 aromatic carbocycles. The molecule has 1 heterocycles. The van der Waals surface area contributed by atoms with Gasteiger partial charge in [0.25, 0.3) is 0 Å². The molecule has 4 heteroatoms. The van der Waals surface area contributed by atoms with E-state index in [0.717, 1.165) is 25.8 Å². The van der Waals surface area contributed by atoms with E-state index in [1.165, 1.54) is 30.4 Å². The first-order valence-electron chi connectivity index (χ1n) is 7.43. The smallest absolute Gasteiger partial charge is 0.237 e. The highest BCUT2D eigenvalue weighted by Gasteiger charge is 2.25. The van der Waals surface area contributed by atoms with Crippen LogP contribution >= 0.6 is 12.4 Å². The third-order valence-electron chi connectivity index (χ3n) is 4.35. The molecule has 1 saturated carbocycles. The number of amides is 1. The van der Waals surface area contributed by atoms with Gasteiger partial charge in [0.2, 0.25) is 5.91 Å². The molecule has 3 rings (SSSR count). The molecule has 3 nitrogen and oxygen atoms in total. The van der Waals surface area contributed by atoms with Gasteiger partial charge in [-0.05, 0) is 30.4 Å². The van der Waals surface area contributed by atoms with Gasteiger partial charge >= 0.3 is 0 Å². The van der Waals surface area contributed by atoms with Gasteiger partial charge in [0.1, 0.15) is 0 Å². The maximum absolute atomic E-state index is 12.3. The van der Waals surface area contributed by atoms with E-state index in [0.29, 0.717) is 6.04 Å². The molecule has 0 radical (unpaired) electrons. The first-order chi connectivity index (χ1) is 9.33. The Morgan fingerprint density at radius 3 is 2.55 bits per heavy atom. The Hall–Kier alpha value is -1.06. The molecule has 2 N–H and O–H groups in total. The second kappa shape index (κ2) is 7.09. The second-order valence-electron chi connectivity index (χ2n) is 5.75. The van der Waals surface area contributed by atoms with Gasteiger partial charge in [0.05, 0.1) is 6.04 Å². The van der Waals surface area contributed by atoms with Crippen LogP contribution in [0.25, 0.3) is 0 Å². The van der Waals surface area contributed by atoms with Crippen LogP contribution in [0.1, 0.15) is 43.2 Å². The minimum absolute atomic E-state index is 0. The Labute approximate surface area is 126 Å². The van der Waals surface area contributed by atoms with Crippen LogP contribution in [0.3, 0.4) is 0 Å². The second-order valence-corrected chi connectivity index (χ2v) is 5.75. The van der Waals surface area contributed by atoms with Gasteiger partial charge in [-0.2, -0.15) is 0 Å². The summed E-state index contributed by atoms with van der Waals surface area (Å²) in [5, 5.41) is 6.57. The number of benzene rings is 1. The molecule has 0 spiro atoms.